The Morgan fingerprint density at radius 3 is 2.41 bits per heavy atom. The molecule has 3 atom stereocenters. The van der Waals surface area contributed by atoms with Gasteiger partial charge >= 0.3 is 0 Å². The highest BCUT2D eigenvalue weighted by Crippen LogP contribution is 2.40. The monoisotopic (exact) mass is 599 g/mol. The summed E-state index contributed by atoms with van der Waals surface area (Å²) in [4.78, 5) is 18.8. The topological polar surface area (TPSA) is 92.0 Å². The van der Waals surface area contributed by atoms with E-state index in [1.165, 1.54) is 32.1 Å². The summed E-state index contributed by atoms with van der Waals surface area (Å²) in [6.07, 6.45) is 11.0. The lowest BCUT2D eigenvalue weighted by Gasteiger charge is -2.48. The first-order valence-corrected chi connectivity index (χ1v) is 16.9. The molecule has 5 fully saturated rings. The van der Waals surface area contributed by atoms with Crippen LogP contribution in [0, 0.1) is 0 Å². The van der Waals surface area contributed by atoms with Crippen molar-refractivity contribution in [1.82, 2.24) is 25.3 Å². The smallest absolute Gasteiger partial charge is 0.251 e. The van der Waals surface area contributed by atoms with Crippen LogP contribution in [0.15, 0.2) is 42.5 Å². The molecule has 0 radical (unpaired) electrons. The average molecular weight is 600 g/mol. The summed E-state index contributed by atoms with van der Waals surface area (Å²) in [6, 6.07) is 16.0. The van der Waals surface area contributed by atoms with Gasteiger partial charge in [0.05, 0.1) is 43.7 Å². The third-order valence-corrected chi connectivity index (χ3v) is 11.1. The average Bonchev–Trinajstić information content (AvgIpc) is 3.57. The third kappa shape index (κ3) is 5.42. The van der Waals surface area contributed by atoms with Gasteiger partial charge in [-0.15, -0.1) is 0 Å². The fraction of sp³-hybridized carbons (Fsp3) is 0.600. The lowest BCUT2D eigenvalue weighted by atomic mass is 9.79. The van der Waals surface area contributed by atoms with Gasteiger partial charge in [-0.25, -0.2) is 0 Å². The molecule has 0 spiro atoms. The Kier molecular flexibility index (Phi) is 7.82. The van der Waals surface area contributed by atoms with Crippen LogP contribution in [-0.2, 0) is 9.47 Å². The first kappa shape index (κ1) is 28.5. The number of hydrogen-bond donors (Lipinski definition) is 2. The molecule has 44 heavy (non-hydrogen) atoms. The van der Waals surface area contributed by atoms with Crippen molar-refractivity contribution in [3.05, 3.63) is 48.0 Å². The van der Waals surface area contributed by atoms with Crippen molar-refractivity contribution >= 4 is 16.8 Å². The highest BCUT2D eigenvalue weighted by atomic mass is 16.5. The van der Waals surface area contributed by atoms with Gasteiger partial charge in [-0.1, -0.05) is 19.3 Å². The molecule has 234 valence electrons. The van der Waals surface area contributed by atoms with Crippen molar-refractivity contribution < 1.29 is 19.0 Å². The van der Waals surface area contributed by atoms with Gasteiger partial charge < -0.3 is 19.5 Å². The molecule has 5 aliphatic rings. The molecule has 1 amide bonds. The molecule has 1 aromatic heterocycles. The van der Waals surface area contributed by atoms with Crippen LogP contribution in [0.1, 0.15) is 68.1 Å². The Labute approximate surface area is 259 Å². The first-order valence-electron chi connectivity index (χ1n) is 16.9. The summed E-state index contributed by atoms with van der Waals surface area (Å²) < 4.78 is 17.6. The van der Waals surface area contributed by atoms with Gasteiger partial charge in [0.15, 0.2) is 0 Å². The number of nitrogens with one attached hydrogen (secondary N) is 2. The standard InChI is InChI=1S/C35H45N5O4/c41-34(36-23-35(12-2-1-3-13-35)39-14-16-42-17-15-39)25-6-11-32-31(18-25)33(38-37-32)24-4-9-29(10-5-24)44-30-19-26-7-8-27(20-30)40(26)28-21-43-22-28/h4-6,9-11,18,26-28,30H,1-3,7-8,12-17,19-23H2,(H,36,41)(H,37,38)/t26-,27+,30-. The van der Waals surface area contributed by atoms with Crippen LogP contribution in [0.4, 0.5) is 0 Å². The normalized spacial score (nSPS) is 27.7. The minimum atomic E-state index is -0.0224. The highest BCUT2D eigenvalue weighted by Gasteiger charge is 2.46. The fourth-order valence-corrected chi connectivity index (χ4v) is 8.71. The summed E-state index contributed by atoms with van der Waals surface area (Å²) >= 11 is 0. The maximum Gasteiger partial charge on any atom is 0.251 e. The van der Waals surface area contributed by atoms with Crippen LogP contribution in [0.2, 0.25) is 0 Å². The van der Waals surface area contributed by atoms with Crippen LogP contribution in [-0.4, -0.2) is 102 Å². The summed E-state index contributed by atoms with van der Waals surface area (Å²) in [7, 11) is 0. The number of piperidine rings is 1. The number of benzene rings is 2. The van der Waals surface area contributed by atoms with E-state index in [2.05, 4.69) is 49.6 Å². The Hall–Kier alpha value is -2.98. The van der Waals surface area contributed by atoms with Gasteiger partial charge in [-0.05, 0) is 81.0 Å². The van der Waals surface area contributed by atoms with Gasteiger partial charge in [0.1, 0.15) is 11.9 Å². The zero-order valence-electron chi connectivity index (χ0n) is 25.6. The number of rotatable bonds is 8. The Balaban J connectivity index is 0.936. The van der Waals surface area contributed by atoms with Crippen molar-refractivity contribution in [2.45, 2.75) is 87.6 Å². The number of fused-ring (bicyclic) bond motifs is 3. The molecule has 1 aliphatic carbocycles. The predicted molar refractivity (Wildman–Crippen MR) is 169 cm³/mol. The lowest BCUT2D eigenvalue weighted by Crippen LogP contribution is -2.59. The molecule has 3 aromatic rings. The number of carbonyl (C=O) groups excluding carboxylic acids is 1. The summed E-state index contributed by atoms with van der Waals surface area (Å²) in [6.45, 7) is 5.91. The predicted octanol–water partition coefficient (Wildman–Crippen LogP) is 4.77. The molecule has 1 saturated carbocycles. The van der Waals surface area contributed by atoms with Gasteiger partial charge in [0, 0.05) is 53.8 Å². The zero-order valence-corrected chi connectivity index (χ0v) is 25.6. The second-order valence-corrected chi connectivity index (χ2v) is 13.7. The number of hydrogen-bond acceptors (Lipinski definition) is 7. The van der Waals surface area contributed by atoms with Crippen LogP contribution in [0.5, 0.6) is 5.75 Å². The van der Waals surface area contributed by atoms with E-state index in [-0.39, 0.29) is 17.6 Å². The molecule has 0 unspecified atom stereocenters. The summed E-state index contributed by atoms with van der Waals surface area (Å²) in [5.41, 5.74) is 3.49. The quantitative estimate of drug-likeness (QED) is 0.386. The molecule has 9 nitrogen and oxygen atoms in total. The maximum atomic E-state index is 13.5. The van der Waals surface area contributed by atoms with Crippen molar-refractivity contribution in [3.63, 3.8) is 0 Å². The summed E-state index contributed by atoms with van der Waals surface area (Å²) in [5.74, 6) is 0.890. The molecule has 4 saturated heterocycles. The molecule has 9 heteroatoms. The Morgan fingerprint density at radius 1 is 0.955 bits per heavy atom. The first-order chi connectivity index (χ1) is 21.6. The minimum Gasteiger partial charge on any atom is -0.490 e. The molecule has 5 heterocycles. The SMILES string of the molecule is O=C(NCC1(N2CCOCC2)CCCCC1)c1ccc2[nH]nc(-c3ccc(O[C@@H]4C[C@H]5CC[C@@H](C4)N5C4COC4)cc3)c2c1. The van der Waals surface area contributed by atoms with Crippen LogP contribution in [0.25, 0.3) is 22.2 Å². The van der Waals surface area contributed by atoms with Crippen molar-refractivity contribution in [2.24, 2.45) is 0 Å². The van der Waals surface area contributed by atoms with E-state index in [1.54, 1.807) is 0 Å². The molecule has 4 aliphatic heterocycles. The molecule has 2 N–H and O–H groups in total. The van der Waals surface area contributed by atoms with Crippen LogP contribution < -0.4 is 10.1 Å². The van der Waals surface area contributed by atoms with Crippen molar-refractivity contribution in [3.8, 4) is 17.0 Å². The molecule has 8 rings (SSSR count). The molecule has 2 aromatic carbocycles. The third-order valence-electron chi connectivity index (χ3n) is 11.1. The van der Waals surface area contributed by atoms with Gasteiger partial charge in [0.2, 0.25) is 0 Å². The summed E-state index contributed by atoms with van der Waals surface area (Å²) in [5, 5.41) is 12.1. The van der Waals surface area contributed by atoms with Gasteiger partial charge in [0.25, 0.3) is 5.91 Å². The van der Waals surface area contributed by atoms with E-state index in [4.69, 9.17) is 14.2 Å². The Morgan fingerprint density at radius 2 is 1.70 bits per heavy atom. The van der Waals surface area contributed by atoms with E-state index in [0.29, 0.717) is 30.2 Å². The van der Waals surface area contributed by atoms with Crippen LogP contribution >= 0.6 is 0 Å². The number of ether oxygens (including phenoxy) is 3. The van der Waals surface area contributed by atoms with Gasteiger partial charge in [-0.2, -0.15) is 5.10 Å². The maximum absolute atomic E-state index is 13.5. The van der Waals surface area contributed by atoms with Crippen molar-refractivity contribution in [1.29, 1.82) is 0 Å². The van der Waals surface area contributed by atoms with Crippen LogP contribution in [0.3, 0.4) is 0 Å². The number of morpholine rings is 1. The van der Waals surface area contributed by atoms with E-state index in [0.717, 1.165) is 93.1 Å². The molecular weight excluding hydrogens is 554 g/mol. The second-order valence-electron chi connectivity index (χ2n) is 13.7. The number of aromatic nitrogens is 2. The second kappa shape index (κ2) is 12.1. The Bertz CT molecular complexity index is 1440. The number of nitrogens with zero attached hydrogens (tertiary/aromatic N) is 3. The fourth-order valence-electron chi connectivity index (χ4n) is 8.71. The van der Waals surface area contributed by atoms with E-state index in [1.807, 2.05) is 18.2 Å². The largest absolute Gasteiger partial charge is 0.490 e. The van der Waals surface area contributed by atoms with E-state index in [9.17, 15) is 4.79 Å². The lowest BCUT2D eigenvalue weighted by molar-refractivity contribution is -0.102. The zero-order chi connectivity index (χ0) is 29.5. The van der Waals surface area contributed by atoms with Crippen molar-refractivity contribution in [2.75, 3.05) is 46.1 Å². The molecule has 2 bridgehead atoms. The number of aromatic amines is 1. The number of amides is 1. The van der Waals surface area contributed by atoms with E-state index < -0.39 is 0 Å². The number of carbonyl (C=O) groups is 1. The van der Waals surface area contributed by atoms with Gasteiger partial charge in [-0.3, -0.25) is 19.7 Å². The highest BCUT2D eigenvalue weighted by molar-refractivity contribution is 6.01. The minimum absolute atomic E-state index is 0.0224. The molecular formula is C35H45N5O4. The number of H-pyrrole nitrogens is 1. The van der Waals surface area contributed by atoms with E-state index >= 15 is 0 Å².